The van der Waals surface area contributed by atoms with Crippen molar-refractivity contribution in [2.75, 3.05) is 0 Å². The quantitative estimate of drug-likeness (QED) is 0.530. The third kappa shape index (κ3) is 3.56. The molecule has 0 bridgehead atoms. The van der Waals surface area contributed by atoms with Gasteiger partial charge >= 0.3 is 0 Å². The average Bonchev–Trinajstić information content (AvgIpc) is 2.92. The summed E-state index contributed by atoms with van der Waals surface area (Å²) in [5.41, 5.74) is 2.02. The van der Waals surface area contributed by atoms with Crippen molar-refractivity contribution in [1.29, 1.82) is 0 Å². The maximum Gasteiger partial charge on any atom is 0.137 e. The summed E-state index contributed by atoms with van der Waals surface area (Å²) in [4.78, 5) is 13.3. The Morgan fingerprint density at radius 3 is 2.55 bits per heavy atom. The number of aliphatic hydroxyl groups is 1. The highest BCUT2D eigenvalue weighted by atomic mass is 16.3. The highest BCUT2D eigenvalue weighted by molar-refractivity contribution is 5.85. The van der Waals surface area contributed by atoms with Crippen molar-refractivity contribution in [3.05, 3.63) is 11.6 Å². The number of allylic oxidation sites excluding steroid dienone is 1. The standard InChI is InChI=1S/C27H44O2/c1-17(2)7-6-8-18(3)25-24(29)16-23-21-10-9-19-15-20(28)11-13-26(19,4)22(21)12-14-27(23,25)5/h9,17-18,20-23,25,28H,6-8,10-16H2,1-5H3/t18-,20-,21-,22+,23+,25+,26+,27+/m1/s1. The molecule has 164 valence electrons. The first-order valence-corrected chi connectivity index (χ1v) is 12.6. The molecular formula is C27H44O2. The van der Waals surface area contributed by atoms with Crippen molar-refractivity contribution in [1.82, 2.24) is 0 Å². The summed E-state index contributed by atoms with van der Waals surface area (Å²) < 4.78 is 0. The molecule has 1 N–H and O–H groups in total. The van der Waals surface area contributed by atoms with Gasteiger partial charge in [-0.2, -0.15) is 0 Å². The molecule has 0 radical (unpaired) electrons. The van der Waals surface area contributed by atoms with E-state index in [2.05, 4.69) is 40.7 Å². The molecule has 0 aromatic rings. The minimum Gasteiger partial charge on any atom is -0.393 e. The zero-order valence-corrected chi connectivity index (χ0v) is 19.5. The summed E-state index contributed by atoms with van der Waals surface area (Å²) >= 11 is 0. The van der Waals surface area contributed by atoms with Crippen LogP contribution >= 0.6 is 0 Å². The number of aliphatic hydroxyl groups excluding tert-OH is 1. The molecule has 3 fully saturated rings. The molecule has 2 nitrogen and oxygen atoms in total. The van der Waals surface area contributed by atoms with Crippen molar-refractivity contribution in [2.45, 2.75) is 105 Å². The van der Waals surface area contributed by atoms with E-state index in [4.69, 9.17) is 0 Å². The molecule has 0 spiro atoms. The number of rotatable bonds is 5. The van der Waals surface area contributed by atoms with Gasteiger partial charge in [0.05, 0.1) is 6.10 Å². The zero-order valence-electron chi connectivity index (χ0n) is 19.5. The van der Waals surface area contributed by atoms with Crippen LogP contribution in [0.25, 0.3) is 0 Å². The van der Waals surface area contributed by atoms with Gasteiger partial charge < -0.3 is 5.11 Å². The highest BCUT2D eigenvalue weighted by Gasteiger charge is 2.61. The zero-order chi connectivity index (χ0) is 21.0. The summed E-state index contributed by atoms with van der Waals surface area (Å²) in [6.07, 6.45) is 13.6. The average molecular weight is 401 g/mol. The van der Waals surface area contributed by atoms with Crippen molar-refractivity contribution < 1.29 is 9.90 Å². The highest BCUT2D eigenvalue weighted by Crippen LogP contribution is 2.66. The molecule has 29 heavy (non-hydrogen) atoms. The van der Waals surface area contributed by atoms with Gasteiger partial charge in [0.25, 0.3) is 0 Å². The summed E-state index contributed by atoms with van der Waals surface area (Å²) in [7, 11) is 0. The SMILES string of the molecule is CC(C)CCC[C@@H](C)[C@H]1C(=O)C[C@H]2[C@@H]3CC=C4C[C@H](O)CC[C@]4(C)[C@H]3CC[C@]12C. The molecule has 2 heteroatoms. The van der Waals surface area contributed by atoms with E-state index in [0.717, 1.165) is 43.9 Å². The van der Waals surface area contributed by atoms with E-state index < -0.39 is 0 Å². The smallest absolute Gasteiger partial charge is 0.137 e. The Balaban J connectivity index is 1.54. The fourth-order valence-electron chi connectivity index (χ4n) is 8.45. The Kier molecular flexibility index (Phi) is 5.82. The van der Waals surface area contributed by atoms with Crippen LogP contribution in [0.15, 0.2) is 11.6 Å². The van der Waals surface area contributed by atoms with E-state index >= 15 is 0 Å². The molecule has 0 unspecified atom stereocenters. The lowest BCUT2D eigenvalue weighted by Gasteiger charge is -2.58. The predicted octanol–water partition coefficient (Wildman–Crippen LogP) is 6.57. The first-order chi connectivity index (χ1) is 13.7. The van der Waals surface area contributed by atoms with Crippen LogP contribution < -0.4 is 0 Å². The number of ketones is 1. The molecule has 0 saturated heterocycles. The molecular weight excluding hydrogens is 356 g/mol. The molecule has 3 saturated carbocycles. The number of fused-ring (bicyclic) bond motifs is 5. The fourth-order valence-corrected chi connectivity index (χ4v) is 8.45. The molecule has 0 heterocycles. The first-order valence-electron chi connectivity index (χ1n) is 12.6. The first kappa shape index (κ1) is 21.6. The molecule has 0 aliphatic heterocycles. The minimum absolute atomic E-state index is 0.135. The molecule has 4 rings (SSSR count). The molecule has 0 aromatic carbocycles. The number of hydrogen-bond donors (Lipinski definition) is 1. The van der Waals surface area contributed by atoms with Crippen LogP contribution in [0, 0.1) is 46.3 Å². The molecule has 4 aliphatic carbocycles. The largest absolute Gasteiger partial charge is 0.393 e. The van der Waals surface area contributed by atoms with Crippen LogP contribution in [0.4, 0.5) is 0 Å². The third-order valence-corrected chi connectivity index (χ3v) is 10.0. The van der Waals surface area contributed by atoms with E-state index in [0.29, 0.717) is 23.5 Å². The second kappa shape index (κ2) is 7.81. The van der Waals surface area contributed by atoms with Gasteiger partial charge in [-0.3, -0.25) is 4.79 Å². The van der Waals surface area contributed by atoms with Crippen LogP contribution in [0.3, 0.4) is 0 Å². The van der Waals surface area contributed by atoms with Crippen LogP contribution in [0.1, 0.15) is 98.8 Å². The Bertz CT molecular complexity index is 663. The second-order valence-electron chi connectivity index (χ2n) is 12.2. The Morgan fingerprint density at radius 2 is 1.83 bits per heavy atom. The second-order valence-corrected chi connectivity index (χ2v) is 12.2. The number of carbonyl (C=O) groups excluding carboxylic acids is 1. The normalized spacial score (nSPS) is 45.4. The lowest BCUT2D eigenvalue weighted by Crippen LogP contribution is -2.51. The fraction of sp³-hybridized carbons (Fsp3) is 0.889. The maximum absolute atomic E-state index is 13.3. The van der Waals surface area contributed by atoms with Crippen molar-refractivity contribution in [2.24, 2.45) is 46.3 Å². The molecule has 0 aromatic heterocycles. The summed E-state index contributed by atoms with van der Waals surface area (Å²) in [6, 6.07) is 0. The predicted molar refractivity (Wildman–Crippen MR) is 119 cm³/mol. The molecule has 4 aliphatic rings. The van der Waals surface area contributed by atoms with Crippen LogP contribution in [-0.2, 0) is 4.79 Å². The Hall–Kier alpha value is -0.630. The minimum atomic E-state index is -0.135. The van der Waals surface area contributed by atoms with Crippen molar-refractivity contribution in [3.63, 3.8) is 0 Å². The van der Waals surface area contributed by atoms with E-state index in [1.807, 2.05) is 0 Å². The summed E-state index contributed by atoms with van der Waals surface area (Å²) in [6.45, 7) is 11.9. The third-order valence-electron chi connectivity index (χ3n) is 10.0. The summed E-state index contributed by atoms with van der Waals surface area (Å²) in [5.74, 6) is 4.13. The van der Waals surface area contributed by atoms with Crippen LogP contribution in [-0.4, -0.2) is 17.0 Å². The van der Waals surface area contributed by atoms with Gasteiger partial charge in [0.2, 0.25) is 0 Å². The van der Waals surface area contributed by atoms with Gasteiger partial charge in [0.1, 0.15) is 5.78 Å². The van der Waals surface area contributed by atoms with Gasteiger partial charge in [0.15, 0.2) is 0 Å². The number of hydrogen-bond acceptors (Lipinski definition) is 2. The number of carbonyl (C=O) groups is 1. The van der Waals surface area contributed by atoms with Crippen LogP contribution in [0.2, 0.25) is 0 Å². The van der Waals surface area contributed by atoms with Crippen LogP contribution in [0.5, 0.6) is 0 Å². The van der Waals surface area contributed by atoms with E-state index in [1.165, 1.54) is 37.7 Å². The Morgan fingerprint density at radius 1 is 1.07 bits per heavy atom. The monoisotopic (exact) mass is 400 g/mol. The molecule has 0 amide bonds. The van der Waals surface area contributed by atoms with Gasteiger partial charge in [0, 0.05) is 12.3 Å². The van der Waals surface area contributed by atoms with E-state index in [9.17, 15) is 9.90 Å². The Labute approximate surface area is 178 Å². The number of Topliss-reactive ketones (excluding diaryl/α,β-unsaturated/α-hetero) is 1. The summed E-state index contributed by atoms with van der Waals surface area (Å²) in [5, 5.41) is 10.2. The van der Waals surface area contributed by atoms with Gasteiger partial charge in [-0.1, -0.05) is 59.1 Å². The van der Waals surface area contributed by atoms with E-state index in [-0.39, 0.29) is 22.9 Å². The van der Waals surface area contributed by atoms with Gasteiger partial charge in [-0.25, -0.2) is 0 Å². The lowest BCUT2D eigenvalue weighted by molar-refractivity contribution is -0.124. The topological polar surface area (TPSA) is 37.3 Å². The van der Waals surface area contributed by atoms with Crippen molar-refractivity contribution in [3.8, 4) is 0 Å². The van der Waals surface area contributed by atoms with Gasteiger partial charge in [-0.05, 0) is 85.4 Å². The van der Waals surface area contributed by atoms with Gasteiger partial charge in [-0.15, -0.1) is 0 Å². The maximum atomic E-state index is 13.3. The van der Waals surface area contributed by atoms with E-state index in [1.54, 1.807) is 0 Å². The molecule has 8 atom stereocenters. The van der Waals surface area contributed by atoms with Crippen molar-refractivity contribution >= 4 is 5.78 Å². The lowest BCUT2D eigenvalue weighted by atomic mass is 9.47.